The predicted molar refractivity (Wildman–Crippen MR) is 151 cm³/mol. The minimum absolute atomic E-state index is 0.124. The van der Waals surface area contributed by atoms with Crippen LogP contribution in [0.1, 0.15) is 17.5 Å². The van der Waals surface area contributed by atoms with Gasteiger partial charge >= 0.3 is 5.97 Å². The van der Waals surface area contributed by atoms with Crippen LogP contribution in [0.15, 0.2) is 77.7 Å². The molecule has 3 aromatic rings. The number of sulfonamides is 1. The number of hydrogen-bond acceptors (Lipinski definition) is 5. The first-order valence-electron chi connectivity index (χ1n) is 12.9. The van der Waals surface area contributed by atoms with Crippen molar-refractivity contribution in [2.24, 2.45) is 5.92 Å². The van der Waals surface area contributed by atoms with E-state index in [0.717, 1.165) is 16.8 Å². The number of fused-ring (bicyclic) bond motifs is 1. The quantitative estimate of drug-likeness (QED) is 0.440. The SMILES string of the molecule is O=C(O)C(CC(=O)N1CCc2cc(S(=O)(=O)N3CCN(c4cccc(Cl)c4)CC3)ccc21)Cc1ccccc1. The van der Waals surface area contributed by atoms with Crippen molar-refractivity contribution in [3.05, 3.63) is 88.9 Å². The highest BCUT2D eigenvalue weighted by atomic mass is 35.5. The lowest BCUT2D eigenvalue weighted by Crippen LogP contribution is -2.48. The molecule has 0 aromatic heterocycles. The van der Waals surface area contributed by atoms with E-state index >= 15 is 0 Å². The lowest BCUT2D eigenvalue weighted by molar-refractivity contribution is -0.143. The van der Waals surface area contributed by atoms with Gasteiger partial charge in [0, 0.05) is 55.5 Å². The van der Waals surface area contributed by atoms with Crippen molar-refractivity contribution in [3.63, 3.8) is 0 Å². The minimum Gasteiger partial charge on any atom is -0.481 e. The predicted octanol–water partition coefficient (Wildman–Crippen LogP) is 4.07. The Balaban J connectivity index is 1.25. The summed E-state index contributed by atoms with van der Waals surface area (Å²) < 4.78 is 28.4. The van der Waals surface area contributed by atoms with E-state index in [2.05, 4.69) is 4.90 Å². The van der Waals surface area contributed by atoms with Crippen LogP contribution in [0.3, 0.4) is 0 Å². The smallest absolute Gasteiger partial charge is 0.307 e. The molecule has 39 heavy (non-hydrogen) atoms. The first-order valence-corrected chi connectivity index (χ1v) is 14.7. The van der Waals surface area contributed by atoms with Crippen molar-refractivity contribution in [2.45, 2.75) is 24.2 Å². The minimum atomic E-state index is -3.70. The Kier molecular flexibility index (Phi) is 7.93. The fourth-order valence-electron chi connectivity index (χ4n) is 5.27. The fourth-order valence-corrected chi connectivity index (χ4v) is 6.93. The highest BCUT2D eigenvalue weighted by Gasteiger charge is 2.33. The summed E-state index contributed by atoms with van der Waals surface area (Å²) in [6.07, 6.45) is 0.661. The van der Waals surface area contributed by atoms with Gasteiger partial charge in [-0.05, 0) is 60.4 Å². The summed E-state index contributed by atoms with van der Waals surface area (Å²) in [5.74, 6) is -2.12. The summed E-state index contributed by atoms with van der Waals surface area (Å²) in [5, 5.41) is 10.4. The summed E-state index contributed by atoms with van der Waals surface area (Å²) in [5.41, 5.74) is 3.25. The Labute approximate surface area is 233 Å². The number of anilines is 2. The highest BCUT2D eigenvalue weighted by Crippen LogP contribution is 2.33. The van der Waals surface area contributed by atoms with E-state index < -0.39 is 21.9 Å². The van der Waals surface area contributed by atoms with Crippen LogP contribution in [0.4, 0.5) is 11.4 Å². The molecule has 0 aliphatic carbocycles. The molecule has 1 amide bonds. The second-order valence-corrected chi connectivity index (χ2v) is 12.3. The first kappa shape index (κ1) is 27.2. The Hall–Kier alpha value is -3.40. The van der Waals surface area contributed by atoms with Crippen LogP contribution in [-0.2, 0) is 32.5 Å². The zero-order valence-corrected chi connectivity index (χ0v) is 22.9. The summed E-state index contributed by atoms with van der Waals surface area (Å²) in [7, 11) is -3.70. The van der Waals surface area contributed by atoms with Crippen LogP contribution in [0.2, 0.25) is 5.02 Å². The molecule has 1 saturated heterocycles. The van der Waals surface area contributed by atoms with E-state index in [-0.39, 0.29) is 23.6 Å². The van der Waals surface area contributed by atoms with Gasteiger partial charge in [0.2, 0.25) is 15.9 Å². The molecule has 204 valence electrons. The van der Waals surface area contributed by atoms with Crippen LogP contribution in [0.5, 0.6) is 0 Å². The number of carboxylic acids is 1. The number of piperazine rings is 1. The van der Waals surface area contributed by atoms with E-state index in [1.807, 2.05) is 54.6 Å². The second kappa shape index (κ2) is 11.4. The Morgan fingerprint density at radius 1 is 0.897 bits per heavy atom. The lowest BCUT2D eigenvalue weighted by Gasteiger charge is -2.35. The van der Waals surface area contributed by atoms with Crippen molar-refractivity contribution in [1.82, 2.24) is 4.31 Å². The zero-order valence-electron chi connectivity index (χ0n) is 21.4. The van der Waals surface area contributed by atoms with Crippen LogP contribution >= 0.6 is 11.6 Å². The topological polar surface area (TPSA) is 98.2 Å². The van der Waals surface area contributed by atoms with Gasteiger partial charge in [-0.15, -0.1) is 0 Å². The molecular weight excluding hydrogens is 538 g/mol. The molecular formula is C29H30ClN3O5S. The molecule has 8 nitrogen and oxygen atoms in total. The standard InChI is InChI=1S/C29H30ClN3O5S/c30-24-7-4-8-25(20-24)31-13-15-32(16-14-31)39(37,38)26-9-10-27-22(18-26)11-12-33(27)28(34)19-23(29(35)36)17-21-5-2-1-3-6-21/h1-10,18,20,23H,11-17,19H2,(H,35,36). The van der Waals surface area contributed by atoms with Gasteiger partial charge in [-0.3, -0.25) is 9.59 Å². The summed E-state index contributed by atoms with van der Waals surface area (Å²) >= 11 is 6.11. The first-order chi connectivity index (χ1) is 18.7. The average Bonchev–Trinajstić information content (AvgIpc) is 3.37. The third-order valence-corrected chi connectivity index (χ3v) is 9.52. The van der Waals surface area contributed by atoms with Gasteiger partial charge in [-0.25, -0.2) is 8.42 Å². The summed E-state index contributed by atoms with van der Waals surface area (Å²) in [6, 6.07) is 21.6. The van der Waals surface area contributed by atoms with Gasteiger partial charge in [0.05, 0.1) is 10.8 Å². The number of amides is 1. The molecule has 1 atom stereocenters. The zero-order chi connectivity index (χ0) is 27.6. The maximum absolute atomic E-state index is 13.4. The van der Waals surface area contributed by atoms with Gasteiger partial charge < -0.3 is 14.9 Å². The molecule has 0 spiro atoms. The van der Waals surface area contributed by atoms with E-state index in [0.29, 0.717) is 49.9 Å². The van der Waals surface area contributed by atoms with E-state index in [1.165, 1.54) is 4.31 Å². The van der Waals surface area contributed by atoms with Crippen LogP contribution in [0, 0.1) is 5.92 Å². The van der Waals surface area contributed by atoms with Crippen molar-refractivity contribution in [2.75, 3.05) is 42.5 Å². The normalized spacial score (nSPS) is 16.6. The van der Waals surface area contributed by atoms with E-state index in [1.54, 1.807) is 23.1 Å². The maximum atomic E-state index is 13.4. The molecule has 1 unspecified atom stereocenters. The van der Waals surface area contributed by atoms with Crippen molar-refractivity contribution in [3.8, 4) is 0 Å². The molecule has 0 saturated carbocycles. The molecule has 2 aliphatic rings. The van der Waals surface area contributed by atoms with Gasteiger partial charge in [-0.1, -0.05) is 48.0 Å². The molecule has 2 aliphatic heterocycles. The van der Waals surface area contributed by atoms with Gasteiger partial charge in [0.15, 0.2) is 0 Å². The maximum Gasteiger partial charge on any atom is 0.307 e. The number of hydrogen-bond donors (Lipinski definition) is 1. The number of rotatable bonds is 8. The Morgan fingerprint density at radius 2 is 1.64 bits per heavy atom. The third-order valence-electron chi connectivity index (χ3n) is 7.39. The number of halogens is 1. The fraction of sp³-hybridized carbons (Fsp3) is 0.310. The molecule has 3 aromatic carbocycles. The molecule has 0 radical (unpaired) electrons. The summed E-state index contributed by atoms with van der Waals surface area (Å²) in [4.78, 5) is 28.9. The Bertz CT molecular complexity index is 1470. The largest absolute Gasteiger partial charge is 0.481 e. The number of carbonyl (C=O) groups is 2. The molecule has 10 heteroatoms. The Morgan fingerprint density at radius 3 is 2.33 bits per heavy atom. The monoisotopic (exact) mass is 567 g/mol. The molecule has 0 bridgehead atoms. The van der Waals surface area contributed by atoms with Crippen LogP contribution in [0.25, 0.3) is 0 Å². The van der Waals surface area contributed by atoms with Crippen LogP contribution < -0.4 is 9.80 Å². The third kappa shape index (κ3) is 5.95. The van der Waals surface area contributed by atoms with Crippen LogP contribution in [-0.4, -0.2) is 62.4 Å². The van der Waals surface area contributed by atoms with Crippen molar-refractivity contribution < 1.29 is 23.1 Å². The molecule has 1 N–H and O–H groups in total. The number of aliphatic carboxylic acids is 1. The molecule has 2 heterocycles. The van der Waals surface area contributed by atoms with Crippen molar-refractivity contribution in [1.29, 1.82) is 0 Å². The van der Waals surface area contributed by atoms with Gasteiger partial charge in [0.25, 0.3) is 0 Å². The molecule has 5 rings (SSSR count). The number of carbonyl (C=O) groups excluding carboxylic acids is 1. The lowest BCUT2D eigenvalue weighted by atomic mass is 9.95. The van der Waals surface area contributed by atoms with E-state index in [9.17, 15) is 23.1 Å². The average molecular weight is 568 g/mol. The number of carboxylic acid groups (broad SMARTS) is 1. The number of benzene rings is 3. The van der Waals surface area contributed by atoms with E-state index in [4.69, 9.17) is 11.6 Å². The molecule has 1 fully saturated rings. The van der Waals surface area contributed by atoms with Gasteiger partial charge in [-0.2, -0.15) is 4.31 Å². The number of nitrogens with zero attached hydrogens (tertiary/aromatic N) is 3. The van der Waals surface area contributed by atoms with Gasteiger partial charge in [0.1, 0.15) is 0 Å². The van der Waals surface area contributed by atoms with Crippen molar-refractivity contribution >= 4 is 44.9 Å². The second-order valence-electron chi connectivity index (χ2n) is 9.89. The highest BCUT2D eigenvalue weighted by molar-refractivity contribution is 7.89. The summed E-state index contributed by atoms with van der Waals surface area (Å²) in [6.45, 7) is 2.22.